The van der Waals surface area contributed by atoms with E-state index in [-0.39, 0.29) is 18.2 Å². The summed E-state index contributed by atoms with van der Waals surface area (Å²) in [5, 5.41) is 15.6. The van der Waals surface area contributed by atoms with E-state index in [1.165, 1.54) is 12.1 Å². The zero-order valence-corrected chi connectivity index (χ0v) is 14.7. The SMILES string of the molecule is CC1CN2c3cc([N+](=O)[O-])ccc3CC3(C(=O)NC(=O)NC3=O)C2C(C)O1. The molecule has 1 aromatic rings. The highest BCUT2D eigenvalue weighted by Gasteiger charge is 2.62. The van der Waals surface area contributed by atoms with Crippen molar-refractivity contribution in [2.24, 2.45) is 5.41 Å². The largest absolute Gasteiger partial charge is 0.372 e. The molecule has 1 spiro atoms. The topological polar surface area (TPSA) is 131 Å². The summed E-state index contributed by atoms with van der Waals surface area (Å²) in [5.41, 5.74) is -0.378. The third-order valence-electron chi connectivity index (χ3n) is 5.51. The Morgan fingerprint density at radius 1 is 1.22 bits per heavy atom. The second-order valence-corrected chi connectivity index (χ2v) is 7.20. The summed E-state index contributed by atoms with van der Waals surface area (Å²) >= 11 is 0. The van der Waals surface area contributed by atoms with Crippen molar-refractivity contribution in [3.05, 3.63) is 33.9 Å². The summed E-state index contributed by atoms with van der Waals surface area (Å²) in [4.78, 5) is 49.9. The average molecular weight is 374 g/mol. The number of amides is 4. The molecule has 3 aliphatic heterocycles. The van der Waals surface area contributed by atoms with E-state index < -0.39 is 40.3 Å². The van der Waals surface area contributed by atoms with E-state index in [9.17, 15) is 24.5 Å². The molecule has 10 heteroatoms. The molecule has 2 N–H and O–H groups in total. The number of barbiturate groups is 1. The van der Waals surface area contributed by atoms with Gasteiger partial charge < -0.3 is 9.64 Å². The predicted molar refractivity (Wildman–Crippen MR) is 92.1 cm³/mol. The number of nitrogens with one attached hydrogen (secondary N) is 2. The van der Waals surface area contributed by atoms with E-state index in [1.807, 2.05) is 11.8 Å². The van der Waals surface area contributed by atoms with Gasteiger partial charge in [-0.2, -0.15) is 0 Å². The van der Waals surface area contributed by atoms with Gasteiger partial charge >= 0.3 is 6.03 Å². The van der Waals surface area contributed by atoms with Gasteiger partial charge in [-0.3, -0.25) is 30.3 Å². The Bertz CT molecular complexity index is 864. The minimum atomic E-state index is -1.56. The normalized spacial score (nSPS) is 28.9. The number of hydrogen-bond acceptors (Lipinski definition) is 7. The number of benzene rings is 1. The fourth-order valence-electron chi connectivity index (χ4n) is 4.52. The first kappa shape index (κ1) is 17.4. The Morgan fingerprint density at radius 3 is 2.52 bits per heavy atom. The Kier molecular flexibility index (Phi) is 3.70. The zero-order valence-electron chi connectivity index (χ0n) is 14.7. The fraction of sp³-hybridized carbons (Fsp3) is 0.471. The van der Waals surface area contributed by atoms with Crippen LogP contribution in [0.25, 0.3) is 0 Å². The van der Waals surface area contributed by atoms with Crippen molar-refractivity contribution in [1.29, 1.82) is 0 Å². The van der Waals surface area contributed by atoms with Crippen molar-refractivity contribution < 1.29 is 24.0 Å². The number of hydrogen-bond donors (Lipinski definition) is 2. The molecule has 27 heavy (non-hydrogen) atoms. The zero-order chi connectivity index (χ0) is 19.5. The van der Waals surface area contributed by atoms with Crippen LogP contribution in [0.1, 0.15) is 19.4 Å². The van der Waals surface area contributed by atoms with Crippen molar-refractivity contribution >= 4 is 29.2 Å². The van der Waals surface area contributed by atoms with Crippen LogP contribution < -0.4 is 15.5 Å². The number of imide groups is 2. The maximum Gasteiger partial charge on any atom is 0.328 e. The highest BCUT2D eigenvalue weighted by atomic mass is 16.6. The number of ether oxygens (including phenoxy) is 1. The number of nitrogens with zero attached hydrogens (tertiary/aromatic N) is 2. The molecule has 3 aliphatic rings. The summed E-state index contributed by atoms with van der Waals surface area (Å²) in [6.45, 7) is 3.98. The van der Waals surface area contributed by atoms with Crippen LogP contribution in [0.5, 0.6) is 0 Å². The molecule has 0 aromatic heterocycles. The summed E-state index contributed by atoms with van der Waals surface area (Å²) in [5.74, 6) is -1.36. The molecule has 1 aromatic carbocycles. The van der Waals surface area contributed by atoms with Crippen molar-refractivity contribution in [3.8, 4) is 0 Å². The van der Waals surface area contributed by atoms with E-state index in [0.717, 1.165) is 0 Å². The van der Waals surface area contributed by atoms with E-state index >= 15 is 0 Å². The Balaban J connectivity index is 1.91. The number of carbonyl (C=O) groups excluding carboxylic acids is 3. The number of urea groups is 1. The average Bonchev–Trinajstić information content (AvgIpc) is 2.58. The van der Waals surface area contributed by atoms with E-state index in [2.05, 4.69) is 10.6 Å². The lowest BCUT2D eigenvalue weighted by molar-refractivity contribution is -0.384. The number of nitro groups is 1. The lowest BCUT2D eigenvalue weighted by Crippen LogP contribution is -2.75. The van der Waals surface area contributed by atoms with Crippen LogP contribution in [0.3, 0.4) is 0 Å². The summed E-state index contributed by atoms with van der Waals surface area (Å²) in [6, 6.07) is 2.83. The third-order valence-corrected chi connectivity index (χ3v) is 5.51. The first-order valence-corrected chi connectivity index (χ1v) is 8.60. The number of anilines is 1. The molecule has 3 atom stereocenters. The van der Waals surface area contributed by atoms with Crippen LogP contribution in [0, 0.1) is 15.5 Å². The Labute approximate surface area is 154 Å². The highest BCUT2D eigenvalue weighted by Crippen LogP contribution is 2.47. The first-order chi connectivity index (χ1) is 12.7. The van der Waals surface area contributed by atoms with Crippen molar-refractivity contribution in [2.45, 2.75) is 38.5 Å². The molecule has 0 aliphatic carbocycles. The lowest BCUT2D eigenvalue weighted by atomic mass is 9.66. The maximum absolute atomic E-state index is 12.9. The third kappa shape index (κ3) is 2.40. The number of nitro benzene ring substituents is 1. The van der Waals surface area contributed by atoms with Crippen LogP contribution in [0.4, 0.5) is 16.2 Å². The summed E-state index contributed by atoms with van der Waals surface area (Å²) in [6.07, 6.45) is -0.685. The van der Waals surface area contributed by atoms with Gasteiger partial charge in [-0.15, -0.1) is 0 Å². The predicted octanol–water partition coefficient (Wildman–Crippen LogP) is 0.485. The molecule has 142 valence electrons. The molecule has 10 nitrogen and oxygen atoms in total. The maximum atomic E-state index is 12.9. The second-order valence-electron chi connectivity index (χ2n) is 7.20. The van der Waals surface area contributed by atoms with Crippen LogP contribution in [-0.4, -0.2) is 47.6 Å². The molecular weight excluding hydrogens is 356 g/mol. The summed E-state index contributed by atoms with van der Waals surface area (Å²) < 4.78 is 5.88. The van der Waals surface area contributed by atoms with Crippen molar-refractivity contribution in [2.75, 3.05) is 11.4 Å². The molecule has 0 radical (unpaired) electrons. The first-order valence-electron chi connectivity index (χ1n) is 8.60. The Morgan fingerprint density at radius 2 is 1.89 bits per heavy atom. The quantitative estimate of drug-likeness (QED) is 0.415. The minimum absolute atomic E-state index is 0.0223. The molecule has 0 saturated carbocycles. The molecular formula is C17H18N4O6. The van der Waals surface area contributed by atoms with Crippen molar-refractivity contribution in [3.63, 3.8) is 0 Å². The van der Waals surface area contributed by atoms with Gasteiger partial charge in [0, 0.05) is 24.4 Å². The van der Waals surface area contributed by atoms with Gasteiger partial charge in [0.25, 0.3) is 5.69 Å². The van der Waals surface area contributed by atoms with Gasteiger partial charge in [0.15, 0.2) is 5.41 Å². The van der Waals surface area contributed by atoms with E-state index in [4.69, 9.17) is 4.74 Å². The van der Waals surface area contributed by atoms with Crippen LogP contribution >= 0.6 is 0 Å². The van der Waals surface area contributed by atoms with Gasteiger partial charge in [0.1, 0.15) is 0 Å². The minimum Gasteiger partial charge on any atom is -0.372 e. The molecule has 0 bridgehead atoms. The van der Waals surface area contributed by atoms with Crippen LogP contribution in [-0.2, 0) is 20.7 Å². The van der Waals surface area contributed by atoms with E-state index in [1.54, 1.807) is 13.0 Å². The molecule has 4 rings (SSSR count). The highest BCUT2D eigenvalue weighted by molar-refractivity contribution is 6.20. The lowest BCUT2D eigenvalue weighted by Gasteiger charge is -2.55. The van der Waals surface area contributed by atoms with Crippen LogP contribution in [0.15, 0.2) is 18.2 Å². The number of non-ortho nitro benzene ring substituents is 1. The molecule has 3 heterocycles. The Hall–Kier alpha value is -3.01. The van der Waals surface area contributed by atoms with Crippen molar-refractivity contribution in [1.82, 2.24) is 10.6 Å². The van der Waals surface area contributed by atoms with Gasteiger partial charge in [-0.05, 0) is 25.8 Å². The molecule has 2 fully saturated rings. The number of morpholine rings is 1. The number of rotatable bonds is 1. The van der Waals surface area contributed by atoms with Gasteiger partial charge in [-0.1, -0.05) is 6.07 Å². The molecule has 4 amide bonds. The number of carbonyl (C=O) groups is 3. The van der Waals surface area contributed by atoms with Gasteiger partial charge in [-0.25, -0.2) is 4.79 Å². The molecule has 3 unspecified atom stereocenters. The van der Waals surface area contributed by atoms with Gasteiger partial charge in [0.2, 0.25) is 11.8 Å². The standard InChI is InChI=1S/C17H18N4O6/c1-8-7-20-12-5-11(21(25)26)4-3-10(12)6-17(13(20)9(2)27-8)14(22)18-16(24)19-15(17)23/h3-5,8-9,13H,6-7H2,1-2H3,(H2,18,19,22,23,24). The smallest absolute Gasteiger partial charge is 0.328 e. The van der Waals surface area contributed by atoms with Gasteiger partial charge in [0.05, 0.1) is 23.2 Å². The number of fused-ring (bicyclic) bond motifs is 4. The fourth-order valence-corrected chi connectivity index (χ4v) is 4.52. The second kappa shape index (κ2) is 5.74. The van der Waals surface area contributed by atoms with Crippen LogP contribution in [0.2, 0.25) is 0 Å². The van der Waals surface area contributed by atoms with E-state index in [0.29, 0.717) is 17.8 Å². The monoisotopic (exact) mass is 374 g/mol. The molecule has 2 saturated heterocycles. The summed E-state index contributed by atoms with van der Waals surface area (Å²) in [7, 11) is 0.